The fraction of sp³-hybridized carbons (Fsp3) is 0.611. The second kappa shape index (κ2) is 8.28. The average molecular weight is 378 g/mol. The molecule has 1 fully saturated rings. The predicted octanol–water partition coefficient (Wildman–Crippen LogP) is 1.10. The van der Waals surface area contributed by atoms with Crippen LogP contribution >= 0.6 is 11.3 Å². The van der Waals surface area contributed by atoms with Gasteiger partial charge in [0.25, 0.3) is 5.56 Å². The highest BCUT2D eigenvalue weighted by Gasteiger charge is 2.20. The number of piperazine rings is 1. The minimum Gasteiger partial charge on any atom is -0.353 e. The van der Waals surface area contributed by atoms with Crippen molar-refractivity contribution in [2.45, 2.75) is 39.8 Å². The number of rotatable bonds is 6. The van der Waals surface area contributed by atoms with Crippen LogP contribution in [-0.2, 0) is 11.3 Å². The Morgan fingerprint density at radius 3 is 2.69 bits per heavy atom. The molecule has 0 unspecified atom stereocenters. The highest BCUT2D eigenvalue weighted by molar-refractivity contribution is 7.15. The molecule has 1 N–H and O–H groups in total. The van der Waals surface area contributed by atoms with Gasteiger partial charge in [-0.1, -0.05) is 6.92 Å². The Bertz CT molecular complexity index is 823. The summed E-state index contributed by atoms with van der Waals surface area (Å²) in [6.45, 7) is 10.6. The quantitative estimate of drug-likeness (QED) is 0.816. The molecule has 1 aliphatic heterocycles. The number of carbonyl (C=O) groups excluding carboxylic acids is 1. The zero-order valence-electron chi connectivity index (χ0n) is 15.7. The lowest BCUT2D eigenvalue weighted by molar-refractivity contribution is -0.123. The Kier molecular flexibility index (Phi) is 6.05. The fourth-order valence-corrected chi connectivity index (χ4v) is 4.03. The lowest BCUT2D eigenvalue weighted by Gasteiger charge is -2.34. The Labute approximate surface area is 157 Å². The maximum atomic E-state index is 12.3. The maximum Gasteiger partial charge on any atom is 0.259 e. The lowest BCUT2D eigenvalue weighted by Crippen LogP contribution is -2.50. The lowest BCUT2D eigenvalue weighted by atomic mass is 10.2. The SMILES string of the molecule is CC[C@H](C)NC(=O)CN1CCN(Cc2cc(=O)n3c(C)csc3n2)CC1. The average Bonchev–Trinajstić information content (AvgIpc) is 2.98. The molecule has 0 saturated carbocycles. The summed E-state index contributed by atoms with van der Waals surface area (Å²) in [6.07, 6.45) is 0.945. The molecule has 0 bridgehead atoms. The van der Waals surface area contributed by atoms with Gasteiger partial charge in [-0.2, -0.15) is 0 Å². The Hall–Kier alpha value is -1.77. The van der Waals surface area contributed by atoms with Crippen LogP contribution in [0.3, 0.4) is 0 Å². The minimum absolute atomic E-state index is 0.0101. The van der Waals surface area contributed by atoms with Gasteiger partial charge in [0, 0.05) is 55.9 Å². The molecule has 1 saturated heterocycles. The summed E-state index contributed by atoms with van der Waals surface area (Å²) in [5, 5.41) is 4.97. The Morgan fingerprint density at radius 1 is 1.31 bits per heavy atom. The van der Waals surface area contributed by atoms with Crippen molar-refractivity contribution in [1.29, 1.82) is 0 Å². The summed E-state index contributed by atoms with van der Waals surface area (Å²) in [7, 11) is 0. The maximum absolute atomic E-state index is 12.3. The Morgan fingerprint density at radius 2 is 2.00 bits per heavy atom. The van der Waals surface area contributed by atoms with E-state index in [2.05, 4.69) is 27.0 Å². The first-order valence-electron chi connectivity index (χ1n) is 9.17. The molecule has 2 aromatic heterocycles. The molecule has 0 aliphatic carbocycles. The van der Waals surface area contributed by atoms with Crippen molar-refractivity contribution in [2.75, 3.05) is 32.7 Å². The zero-order chi connectivity index (χ0) is 18.7. The van der Waals surface area contributed by atoms with Crippen LogP contribution in [0.5, 0.6) is 0 Å². The highest BCUT2D eigenvalue weighted by atomic mass is 32.1. The number of amides is 1. The first-order valence-corrected chi connectivity index (χ1v) is 10.0. The number of nitrogens with zero attached hydrogens (tertiary/aromatic N) is 4. The van der Waals surface area contributed by atoms with E-state index in [0.717, 1.165) is 48.9 Å². The van der Waals surface area contributed by atoms with Crippen LogP contribution in [0.1, 0.15) is 31.7 Å². The number of carbonyl (C=O) groups is 1. The molecule has 0 spiro atoms. The van der Waals surface area contributed by atoms with Crippen molar-refractivity contribution in [3.63, 3.8) is 0 Å². The number of thiazole rings is 1. The number of aromatic nitrogens is 2. The summed E-state index contributed by atoms with van der Waals surface area (Å²) in [4.78, 5) is 34.1. The molecule has 0 radical (unpaired) electrons. The van der Waals surface area contributed by atoms with E-state index in [1.807, 2.05) is 19.2 Å². The molecule has 26 heavy (non-hydrogen) atoms. The van der Waals surface area contributed by atoms with Crippen molar-refractivity contribution in [3.05, 3.63) is 33.2 Å². The van der Waals surface area contributed by atoms with Crippen LogP contribution in [0.2, 0.25) is 0 Å². The van der Waals surface area contributed by atoms with Crippen molar-refractivity contribution in [3.8, 4) is 0 Å². The largest absolute Gasteiger partial charge is 0.353 e. The second-order valence-electron chi connectivity index (χ2n) is 7.01. The Balaban J connectivity index is 1.53. The molecular weight excluding hydrogens is 350 g/mol. The minimum atomic E-state index is -0.0101. The molecule has 1 aliphatic rings. The monoisotopic (exact) mass is 377 g/mol. The fourth-order valence-electron chi connectivity index (χ4n) is 3.14. The summed E-state index contributed by atoms with van der Waals surface area (Å²) in [5.74, 6) is 0.0982. The van der Waals surface area contributed by atoms with Gasteiger partial charge < -0.3 is 5.32 Å². The zero-order valence-corrected chi connectivity index (χ0v) is 16.5. The van der Waals surface area contributed by atoms with Gasteiger partial charge in [-0.25, -0.2) is 4.98 Å². The van der Waals surface area contributed by atoms with Crippen LogP contribution in [0.4, 0.5) is 0 Å². The van der Waals surface area contributed by atoms with Crippen LogP contribution in [0.25, 0.3) is 4.96 Å². The van der Waals surface area contributed by atoms with Gasteiger partial charge in [0.15, 0.2) is 4.96 Å². The molecule has 7 nitrogen and oxygen atoms in total. The van der Waals surface area contributed by atoms with Gasteiger partial charge >= 0.3 is 0 Å². The molecule has 1 amide bonds. The van der Waals surface area contributed by atoms with Gasteiger partial charge in [-0.05, 0) is 20.3 Å². The third-order valence-electron chi connectivity index (χ3n) is 4.87. The van der Waals surface area contributed by atoms with Crippen molar-refractivity contribution in [1.82, 2.24) is 24.5 Å². The second-order valence-corrected chi connectivity index (χ2v) is 7.85. The van der Waals surface area contributed by atoms with Gasteiger partial charge in [0.05, 0.1) is 12.2 Å². The van der Waals surface area contributed by atoms with Crippen molar-refractivity contribution in [2.24, 2.45) is 0 Å². The van der Waals surface area contributed by atoms with E-state index in [9.17, 15) is 9.59 Å². The van der Waals surface area contributed by atoms with Crippen LogP contribution < -0.4 is 10.9 Å². The van der Waals surface area contributed by atoms with Crippen molar-refractivity contribution < 1.29 is 4.79 Å². The van der Waals surface area contributed by atoms with Crippen LogP contribution in [0.15, 0.2) is 16.2 Å². The summed E-state index contributed by atoms with van der Waals surface area (Å²) in [5.41, 5.74) is 1.74. The van der Waals surface area contributed by atoms with Crippen LogP contribution in [0, 0.1) is 6.92 Å². The van der Waals surface area contributed by atoms with E-state index in [1.165, 1.54) is 11.3 Å². The molecule has 2 aromatic rings. The number of fused-ring (bicyclic) bond motifs is 1. The summed E-state index contributed by atoms with van der Waals surface area (Å²) in [6, 6.07) is 1.86. The molecule has 3 rings (SSSR count). The standard InChI is InChI=1S/C18H27N5O2S/c1-4-13(2)19-16(24)11-22-7-5-21(6-8-22)10-15-9-17(25)23-14(3)12-26-18(23)20-15/h9,12-13H,4-8,10-11H2,1-3H3,(H,19,24)/t13-/m0/s1. The molecule has 1 atom stereocenters. The third-order valence-corrected chi connectivity index (χ3v) is 5.81. The van der Waals surface area contributed by atoms with Gasteiger partial charge in [0.2, 0.25) is 5.91 Å². The smallest absolute Gasteiger partial charge is 0.259 e. The first kappa shape index (κ1) is 19.0. The van der Waals surface area contributed by atoms with E-state index < -0.39 is 0 Å². The van der Waals surface area contributed by atoms with E-state index in [4.69, 9.17) is 0 Å². The number of nitrogens with one attached hydrogen (secondary N) is 1. The van der Waals surface area contributed by atoms with Gasteiger partial charge in [-0.15, -0.1) is 11.3 Å². The first-order chi connectivity index (χ1) is 12.5. The van der Waals surface area contributed by atoms with Crippen molar-refractivity contribution >= 4 is 22.2 Å². The molecule has 0 aromatic carbocycles. The third kappa shape index (κ3) is 4.49. The normalized spacial score (nSPS) is 17.5. The number of hydrogen-bond donors (Lipinski definition) is 1. The van der Waals surface area contributed by atoms with Gasteiger partial charge in [0.1, 0.15) is 0 Å². The molecule has 8 heteroatoms. The number of aryl methyl sites for hydroxylation is 1. The summed E-state index contributed by atoms with van der Waals surface area (Å²) >= 11 is 1.50. The molecule has 142 valence electrons. The van der Waals surface area contributed by atoms with E-state index in [1.54, 1.807) is 10.5 Å². The van der Waals surface area contributed by atoms with Gasteiger partial charge in [-0.3, -0.25) is 23.8 Å². The topological polar surface area (TPSA) is 70.0 Å². The molecule has 3 heterocycles. The van der Waals surface area contributed by atoms with Crippen LogP contribution in [-0.4, -0.2) is 63.9 Å². The van der Waals surface area contributed by atoms with E-state index >= 15 is 0 Å². The highest BCUT2D eigenvalue weighted by Crippen LogP contribution is 2.13. The number of hydrogen-bond acceptors (Lipinski definition) is 6. The molecular formula is C18H27N5O2S. The predicted molar refractivity (Wildman–Crippen MR) is 104 cm³/mol. The van der Waals surface area contributed by atoms with E-state index in [0.29, 0.717) is 13.1 Å². The van der Waals surface area contributed by atoms with E-state index in [-0.39, 0.29) is 17.5 Å². The summed E-state index contributed by atoms with van der Waals surface area (Å²) < 4.78 is 1.65.